The molecule has 0 aromatic carbocycles. The van der Waals surface area contributed by atoms with Crippen molar-refractivity contribution in [1.29, 1.82) is 0 Å². The van der Waals surface area contributed by atoms with Crippen LogP contribution in [0, 0.1) is 5.92 Å². The monoisotopic (exact) mass is 199 g/mol. The summed E-state index contributed by atoms with van der Waals surface area (Å²) in [6.45, 7) is 3.28. The minimum atomic E-state index is -0.677. The number of carboxylic acids is 1. The molecule has 3 nitrogen and oxygen atoms in total. The molecule has 82 valence electrons. The van der Waals surface area contributed by atoms with Crippen molar-refractivity contribution in [2.45, 2.75) is 51.5 Å². The standard InChI is InChI=1S/C11H21NO2/c1-9(10-6-7-10)12-8-4-2-3-5-11(13)14/h9-10,12H,2-8H2,1H3,(H,13,14). The zero-order chi connectivity index (χ0) is 10.4. The lowest BCUT2D eigenvalue weighted by Gasteiger charge is -2.11. The highest BCUT2D eigenvalue weighted by Crippen LogP contribution is 2.32. The number of carbonyl (C=O) groups is 1. The highest BCUT2D eigenvalue weighted by atomic mass is 16.4. The molecule has 0 aliphatic heterocycles. The molecule has 1 unspecified atom stereocenters. The molecule has 0 radical (unpaired) electrons. The summed E-state index contributed by atoms with van der Waals surface area (Å²) in [5.41, 5.74) is 0. The van der Waals surface area contributed by atoms with Crippen LogP contribution < -0.4 is 5.32 Å². The Morgan fingerprint density at radius 3 is 2.71 bits per heavy atom. The Kier molecular flexibility index (Phi) is 4.94. The average molecular weight is 199 g/mol. The predicted octanol–water partition coefficient (Wildman–Crippen LogP) is 2.02. The molecule has 1 atom stereocenters. The van der Waals surface area contributed by atoms with Crippen LogP contribution in [-0.4, -0.2) is 23.7 Å². The fraction of sp³-hybridized carbons (Fsp3) is 0.909. The Morgan fingerprint density at radius 1 is 1.43 bits per heavy atom. The van der Waals surface area contributed by atoms with Gasteiger partial charge in [0.15, 0.2) is 0 Å². The molecule has 1 rings (SSSR count). The van der Waals surface area contributed by atoms with Gasteiger partial charge in [-0.15, -0.1) is 0 Å². The van der Waals surface area contributed by atoms with Gasteiger partial charge in [-0.25, -0.2) is 0 Å². The molecule has 2 N–H and O–H groups in total. The Bertz CT molecular complexity index is 178. The van der Waals surface area contributed by atoms with E-state index in [1.165, 1.54) is 12.8 Å². The fourth-order valence-corrected chi connectivity index (χ4v) is 1.67. The number of carboxylic acid groups (broad SMARTS) is 1. The van der Waals surface area contributed by atoms with E-state index in [1.807, 2.05) is 0 Å². The van der Waals surface area contributed by atoms with Crippen LogP contribution >= 0.6 is 0 Å². The number of aliphatic carboxylic acids is 1. The van der Waals surface area contributed by atoms with Gasteiger partial charge in [0.25, 0.3) is 0 Å². The molecule has 1 saturated carbocycles. The molecule has 1 aliphatic rings. The van der Waals surface area contributed by atoms with Crippen LogP contribution in [0.15, 0.2) is 0 Å². The molecule has 0 heterocycles. The number of rotatable bonds is 8. The second-order valence-corrected chi connectivity index (χ2v) is 4.28. The van der Waals surface area contributed by atoms with Crippen LogP contribution in [0.5, 0.6) is 0 Å². The van der Waals surface area contributed by atoms with E-state index in [2.05, 4.69) is 12.2 Å². The van der Waals surface area contributed by atoms with Crippen molar-refractivity contribution in [1.82, 2.24) is 5.32 Å². The lowest BCUT2D eigenvalue weighted by Crippen LogP contribution is -2.28. The summed E-state index contributed by atoms with van der Waals surface area (Å²) in [6.07, 6.45) is 6.02. The maximum atomic E-state index is 10.2. The molecule has 0 amide bonds. The Labute approximate surface area is 85.9 Å². The minimum absolute atomic E-state index is 0.318. The van der Waals surface area contributed by atoms with Crippen LogP contribution in [0.3, 0.4) is 0 Å². The minimum Gasteiger partial charge on any atom is -0.481 e. The normalized spacial score (nSPS) is 18.1. The molecule has 0 aromatic heterocycles. The van der Waals surface area contributed by atoms with E-state index in [0.717, 1.165) is 31.7 Å². The highest BCUT2D eigenvalue weighted by molar-refractivity contribution is 5.66. The van der Waals surface area contributed by atoms with Gasteiger partial charge >= 0.3 is 5.97 Å². The number of nitrogens with one attached hydrogen (secondary N) is 1. The van der Waals surface area contributed by atoms with Crippen LogP contribution in [0.25, 0.3) is 0 Å². The Balaban J connectivity index is 1.81. The second kappa shape index (κ2) is 6.02. The van der Waals surface area contributed by atoms with Gasteiger partial charge in [0.05, 0.1) is 0 Å². The molecule has 0 saturated heterocycles. The predicted molar refractivity (Wildman–Crippen MR) is 56.3 cm³/mol. The third-order valence-electron chi connectivity index (χ3n) is 2.86. The first kappa shape index (κ1) is 11.5. The SMILES string of the molecule is CC(NCCCCCC(=O)O)C1CC1. The quantitative estimate of drug-likeness (QED) is 0.588. The van der Waals surface area contributed by atoms with Crippen molar-refractivity contribution in [3.8, 4) is 0 Å². The third kappa shape index (κ3) is 5.22. The van der Waals surface area contributed by atoms with E-state index in [1.54, 1.807) is 0 Å². The molecule has 1 fully saturated rings. The van der Waals surface area contributed by atoms with Crippen molar-refractivity contribution >= 4 is 5.97 Å². The van der Waals surface area contributed by atoms with Gasteiger partial charge in [-0.3, -0.25) is 4.79 Å². The van der Waals surface area contributed by atoms with Crippen LogP contribution in [0.4, 0.5) is 0 Å². The molecule has 0 spiro atoms. The second-order valence-electron chi connectivity index (χ2n) is 4.28. The maximum Gasteiger partial charge on any atom is 0.303 e. The van der Waals surface area contributed by atoms with Gasteiger partial charge in [-0.2, -0.15) is 0 Å². The summed E-state index contributed by atoms with van der Waals surface area (Å²) in [5.74, 6) is 0.235. The largest absolute Gasteiger partial charge is 0.481 e. The molecule has 1 aliphatic carbocycles. The lowest BCUT2D eigenvalue weighted by molar-refractivity contribution is -0.137. The van der Waals surface area contributed by atoms with Crippen molar-refractivity contribution < 1.29 is 9.90 Å². The van der Waals surface area contributed by atoms with Gasteiger partial charge in [0, 0.05) is 12.5 Å². The molecule has 3 heteroatoms. The van der Waals surface area contributed by atoms with Gasteiger partial charge in [0.1, 0.15) is 0 Å². The topological polar surface area (TPSA) is 49.3 Å². The van der Waals surface area contributed by atoms with Crippen molar-refractivity contribution in [2.75, 3.05) is 6.54 Å². The van der Waals surface area contributed by atoms with Crippen molar-refractivity contribution in [3.05, 3.63) is 0 Å². The number of hydrogen-bond acceptors (Lipinski definition) is 2. The summed E-state index contributed by atoms with van der Waals surface area (Å²) < 4.78 is 0. The van der Waals surface area contributed by atoms with Gasteiger partial charge < -0.3 is 10.4 Å². The first-order valence-electron chi connectivity index (χ1n) is 5.65. The van der Waals surface area contributed by atoms with Crippen LogP contribution in [-0.2, 0) is 4.79 Å². The lowest BCUT2D eigenvalue weighted by atomic mass is 10.1. The smallest absolute Gasteiger partial charge is 0.303 e. The average Bonchev–Trinajstić information content (AvgIpc) is 2.92. The summed E-state index contributed by atoms with van der Waals surface area (Å²) >= 11 is 0. The summed E-state index contributed by atoms with van der Waals surface area (Å²) in [6, 6.07) is 0.662. The van der Waals surface area contributed by atoms with Crippen LogP contribution in [0.2, 0.25) is 0 Å². The molecule has 0 aromatic rings. The summed E-state index contributed by atoms with van der Waals surface area (Å²) in [4.78, 5) is 10.2. The fourth-order valence-electron chi connectivity index (χ4n) is 1.67. The zero-order valence-corrected chi connectivity index (χ0v) is 8.96. The zero-order valence-electron chi connectivity index (χ0n) is 8.96. The molecular formula is C11H21NO2. The first-order valence-corrected chi connectivity index (χ1v) is 5.65. The van der Waals surface area contributed by atoms with E-state index >= 15 is 0 Å². The van der Waals surface area contributed by atoms with E-state index in [0.29, 0.717) is 12.5 Å². The van der Waals surface area contributed by atoms with Crippen LogP contribution in [0.1, 0.15) is 45.4 Å². The van der Waals surface area contributed by atoms with E-state index < -0.39 is 5.97 Å². The molecule has 0 bridgehead atoms. The van der Waals surface area contributed by atoms with E-state index in [4.69, 9.17) is 5.11 Å². The molecule has 14 heavy (non-hydrogen) atoms. The van der Waals surface area contributed by atoms with E-state index in [9.17, 15) is 4.79 Å². The van der Waals surface area contributed by atoms with Gasteiger partial charge in [-0.05, 0) is 45.1 Å². The number of unbranched alkanes of at least 4 members (excludes halogenated alkanes) is 2. The van der Waals surface area contributed by atoms with Crippen molar-refractivity contribution in [2.24, 2.45) is 5.92 Å². The maximum absolute atomic E-state index is 10.2. The summed E-state index contributed by atoms with van der Waals surface area (Å²) in [7, 11) is 0. The van der Waals surface area contributed by atoms with E-state index in [-0.39, 0.29) is 0 Å². The third-order valence-corrected chi connectivity index (χ3v) is 2.86. The Morgan fingerprint density at radius 2 is 2.14 bits per heavy atom. The van der Waals surface area contributed by atoms with Gasteiger partial charge in [0.2, 0.25) is 0 Å². The van der Waals surface area contributed by atoms with Crippen molar-refractivity contribution in [3.63, 3.8) is 0 Å². The summed E-state index contributed by atoms with van der Waals surface area (Å²) in [5, 5.41) is 11.9. The number of hydrogen-bond donors (Lipinski definition) is 2. The first-order chi connectivity index (χ1) is 6.70. The highest BCUT2D eigenvalue weighted by Gasteiger charge is 2.26. The molecular weight excluding hydrogens is 178 g/mol. The Hall–Kier alpha value is -0.570. The van der Waals surface area contributed by atoms with Gasteiger partial charge in [-0.1, -0.05) is 6.42 Å².